The van der Waals surface area contributed by atoms with Crippen LogP contribution in [0.5, 0.6) is 0 Å². The molecule has 0 bridgehead atoms. The number of amides is 1. The molecule has 0 atom stereocenters. The fourth-order valence-electron chi connectivity index (χ4n) is 0.945. The van der Waals surface area contributed by atoms with Crippen LogP contribution in [0.25, 0.3) is 0 Å². The number of rotatable bonds is 3. The Hall–Kier alpha value is -2.11. The largest absolute Gasteiger partial charge is 0.526 e. The first-order valence-corrected chi connectivity index (χ1v) is 3.78. The Morgan fingerprint density at radius 3 is 2.36 bits per heavy atom. The molecule has 0 unspecified atom stereocenters. The van der Waals surface area contributed by atoms with E-state index in [1.807, 2.05) is 0 Å². The summed E-state index contributed by atoms with van der Waals surface area (Å²) in [5.74, 6) is 0. The number of hydrogen-bond donors (Lipinski definition) is 0. The number of carbonyl (C=O) groups is 1. The van der Waals surface area contributed by atoms with Crippen LogP contribution in [0.4, 0.5) is 4.79 Å². The number of nitro groups is 1. The van der Waals surface area contributed by atoms with Gasteiger partial charge in [-0.05, 0) is 5.56 Å². The van der Waals surface area contributed by atoms with Crippen molar-refractivity contribution < 1.29 is 14.9 Å². The lowest BCUT2D eigenvalue weighted by Crippen LogP contribution is -2.44. The van der Waals surface area contributed by atoms with E-state index >= 15 is 0 Å². The van der Waals surface area contributed by atoms with E-state index in [2.05, 4.69) is 0 Å². The third-order valence-corrected chi connectivity index (χ3v) is 1.58. The number of carboxylic acid groups (broad SMARTS) is 1. The molecule has 0 heterocycles. The summed E-state index contributed by atoms with van der Waals surface area (Å²) in [6.07, 6.45) is -1.82. The van der Waals surface area contributed by atoms with E-state index in [-0.39, 0.29) is 11.6 Å². The second-order valence-corrected chi connectivity index (χ2v) is 2.55. The predicted octanol–water partition coefficient (Wildman–Crippen LogP) is 0.0236. The maximum absolute atomic E-state index is 10.3. The summed E-state index contributed by atoms with van der Waals surface area (Å²) in [6, 6.07) is 8.27. The quantitative estimate of drug-likeness (QED) is 0.502. The van der Waals surface area contributed by atoms with Gasteiger partial charge in [0.1, 0.15) is 6.54 Å². The topological polar surface area (TPSA) is 86.5 Å². The number of hydrogen-bond acceptors (Lipinski definition) is 4. The Balaban J connectivity index is 2.75. The van der Waals surface area contributed by atoms with Crippen molar-refractivity contribution in [2.45, 2.75) is 6.54 Å². The van der Waals surface area contributed by atoms with Gasteiger partial charge in [-0.25, -0.2) is 10.1 Å². The van der Waals surface area contributed by atoms with Crippen LogP contribution < -0.4 is 5.11 Å². The molecule has 1 aromatic carbocycles. The average molecular weight is 195 g/mol. The minimum Gasteiger partial charge on any atom is -0.526 e. The first-order valence-electron chi connectivity index (χ1n) is 3.78. The van der Waals surface area contributed by atoms with Gasteiger partial charge < -0.3 is 9.90 Å². The Morgan fingerprint density at radius 1 is 1.36 bits per heavy atom. The molecule has 0 aliphatic carbocycles. The molecule has 0 radical (unpaired) electrons. The zero-order valence-corrected chi connectivity index (χ0v) is 7.12. The second kappa shape index (κ2) is 4.22. The third-order valence-electron chi connectivity index (χ3n) is 1.58. The van der Waals surface area contributed by atoms with Gasteiger partial charge in [-0.1, -0.05) is 35.3 Å². The van der Waals surface area contributed by atoms with Gasteiger partial charge in [0.15, 0.2) is 5.03 Å². The highest BCUT2D eigenvalue weighted by atomic mass is 16.7. The smallest absolute Gasteiger partial charge is 0.206 e. The molecule has 0 spiro atoms. The molecule has 6 heteroatoms. The predicted molar refractivity (Wildman–Crippen MR) is 44.4 cm³/mol. The minimum atomic E-state index is -1.82. The van der Waals surface area contributed by atoms with Crippen molar-refractivity contribution in [1.29, 1.82) is 0 Å². The van der Waals surface area contributed by atoms with E-state index < -0.39 is 11.1 Å². The molecule has 74 valence electrons. The van der Waals surface area contributed by atoms with Crippen molar-refractivity contribution in [3.8, 4) is 0 Å². The van der Waals surface area contributed by atoms with Gasteiger partial charge in [-0.15, -0.1) is 0 Å². The maximum Gasteiger partial charge on any atom is 0.206 e. The van der Waals surface area contributed by atoms with Crippen molar-refractivity contribution in [2.24, 2.45) is 0 Å². The van der Waals surface area contributed by atoms with Crippen molar-refractivity contribution in [1.82, 2.24) is 5.01 Å². The Bertz CT molecular complexity index is 324. The molecule has 1 rings (SSSR count). The Kier molecular flexibility index (Phi) is 3.01. The number of carbonyl (C=O) groups excluding carboxylic acids is 1. The van der Waals surface area contributed by atoms with Crippen LogP contribution >= 0.6 is 0 Å². The molecule has 1 aromatic rings. The minimum absolute atomic E-state index is 0.0231. The molecule has 6 nitrogen and oxygen atoms in total. The van der Waals surface area contributed by atoms with Crippen LogP contribution in [0.1, 0.15) is 5.56 Å². The highest BCUT2D eigenvalue weighted by molar-refractivity contribution is 5.60. The van der Waals surface area contributed by atoms with E-state index in [9.17, 15) is 20.0 Å². The summed E-state index contributed by atoms with van der Waals surface area (Å²) in [7, 11) is 0. The fraction of sp³-hybridized carbons (Fsp3) is 0.125. The van der Waals surface area contributed by atoms with Gasteiger partial charge in [-0.2, -0.15) is 0 Å². The molecular formula is C8H7N2O4-. The summed E-state index contributed by atoms with van der Waals surface area (Å²) in [4.78, 5) is 20.6. The van der Waals surface area contributed by atoms with Crippen LogP contribution in [0.2, 0.25) is 0 Å². The Labute approximate surface area is 79.5 Å². The van der Waals surface area contributed by atoms with Gasteiger partial charge in [0.05, 0.1) is 0 Å². The van der Waals surface area contributed by atoms with Crippen molar-refractivity contribution in [3.05, 3.63) is 46.0 Å². The van der Waals surface area contributed by atoms with Crippen LogP contribution in [-0.2, 0) is 6.54 Å². The lowest BCUT2D eigenvalue weighted by molar-refractivity contribution is -0.649. The third kappa shape index (κ3) is 2.44. The monoisotopic (exact) mass is 195 g/mol. The lowest BCUT2D eigenvalue weighted by atomic mass is 10.2. The summed E-state index contributed by atoms with van der Waals surface area (Å²) in [5, 5.41) is 19.6. The number of hydrazine groups is 1. The molecular weight excluding hydrogens is 188 g/mol. The molecule has 0 aliphatic heterocycles. The summed E-state index contributed by atoms with van der Waals surface area (Å²) in [6.45, 7) is -0.309. The molecule has 0 N–H and O–H groups in total. The van der Waals surface area contributed by atoms with E-state index in [4.69, 9.17) is 0 Å². The number of benzene rings is 1. The maximum atomic E-state index is 10.3. The highest BCUT2D eigenvalue weighted by Crippen LogP contribution is 2.03. The fourth-order valence-corrected chi connectivity index (χ4v) is 0.945. The van der Waals surface area contributed by atoms with Gasteiger partial charge in [-0.3, -0.25) is 0 Å². The summed E-state index contributed by atoms with van der Waals surface area (Å²) in [5.41, 5.74) is 0.536. The highest BCUT2D eigenvalue weighted by Gasteiger charge is 2.15. The molecule has 1 amide bonds. The SMILES string of the molecule is O=C([O-])N(Cc1ccccc1)[N+](=O)[O-]. The lowest BCUT2D eigenvalue weighted by Gasteiger charge is -2.13. The molecule has 0 aromatic heterocycles. The molecule has 0 saturated heterocycles. The summed E-state index contributed by atoms with van der Waals surface area (Å²) < 4.78 is 0. The molecule has 0 fully saturated rings. The zero-order valence-electron chi connectivity index (χ0n) is 7.12. The average Bonchev–Trinajstić information content (AvgIpc) is 2.15. The van der Waals surface area contributed by atoms with Crippen LogP contribution in [-0.4, -0.2) is 16.1 Å². The number of nitrogens with zero attached hydrogens (tertiary/aromatic N) is 2. The zero-order chi connectivity index (χ0) is 10.6. The van der Waals surface area contributed by atoms with Crippen LogP contribution in [0, 0.1) is 10.1 Å². The normalized spacial score (nSPS) is 9.43. The van der Waals surface area contributed by atoms with Gasteiger partial charge in [0.2, 0.25) is 6.09 Å². The second-order valence-electron chi connectivity index (χ2n) is 2.55. The van der Waals surface area contributed by atoms with E-state index in [0.29, 0.717) is 5.56 Å². The molecule has 0 aliphatic rings. The van der Waals surface area contributed by atoms with E-state index in [0.717, 1.165) is 0 Å². The van der Waals surface area contributed by atoms with Crippen molar-refractivity contribution >= 4 is 6.09 Å². The first-order chi connectivity index (χ1) is 6.61. The van der Waals surface area contributed by atoms with Gasteiger partial charge >= 0.3 is 0 Å². The van der Waals surface area contributed by atoms with Crippen LogP contribution in [0.15, 0.2) is 30.3 Å². The van der Waals surface area contributed by atoms with Crippen LogP contribution in [0.3, 0.4) is 0 Å². The van der Waals surface area contributed by atoms with E-state index in [1.165, 1.54) is 0 Å². The molecule has 0 saturated carbocycles. The molecule has 14 heavy (non-hydrogen) atoms. The van der Waals surface area contributed by atoms with Crippen molar-refractivity contribution in [2.75, 3.05) is 0 Å². The Morgan fingerprint density at radius 2 is 1.93 bits per heavy atom. The van der Waals surface area contributed by atoms with Gasteiger partial charge in [0, 0.05) is 0 Å². The van der Waals surface area contributed by atoms with Crippen molar-refractivity contribution in [3.63, 3.8) is 0 Å². The standard InChI is InChI=1S/C8H8N2O4/c11-8(12)9(10(13)14)6-7-4-2-1-3-5-7/h1-5H,6H2,(H,11,12)/p-1. The van der Waals surface area contributed by atoms with Gasteiger partial charge in [0.25, 0.3) is 0 Å². The van der Waals surface area contributed by atoms with E-state index in [1.54, 1.807) is 30.3 Å². The summed E-state index contributed by atoms with van der Waals surface area (Å²) >= 11 is 0. The first kappa shape index (κ1) is 9.97.